The molecule has 0 unspecified atom stereocenters. The number of aromatic nitrogens is 2. The van der Waals surface area contributed by atoms with Crippen molar-refractivity contribution in [1.82, 2.24) is 9.97 Å². The van der Waals surface area contributed by atoms with Gasteiger partial charge in [-0.25, -0.2) is 9.97 Å². The number of halogens is 5. The van der Waals surface area contributed by atoms with Crippen molar-refractivity contribution in [3.8, 4) is 0 Å². The zero-order valence-corrected chi connectivity index (χ0v) is 12.9. The number of alkyl halides is 3. The van der Waals surface area contributed by atoms with Gasteiger partial charge < -0.3 is 10.6 Å². The second-order valence-corrected chi connectivity index (χ2v) is 5.15. The maximum atomic E-state index is 12.6. The van der Waals surface area contributed by atoms with Crippen LogP contribution in [-0.2, 0) is 6.18 Å². The maximum Gasteiger partial charge on any atom is 0.416 e. The molecule has 0 radical (unpaired) electrons. The molecular formula is C12H9BrClF3N4. The highest BCUT2D eigenvalue weighted by Crippen LogP contribution is 2.36. The van der Waals surface area contributed by atoms with Crippen LogP contribution >= 0.6 is 27.5 Å². The minimum atomic E-state index is -4.43. The van der Waals surface area contributed by atoms with E-state index in [4.69, 9.17) is 11.6 Å². The third-order valence-electron chi connectivity index (χ3n) is 2.58. The molecule has 4 nitrogen and oxygen atoms in total. The summed E-state index contributed by atoms with van der Waals surface area (Å²) >= 11 is 9.17. The Hall–Kier alpha value is -1.54. The van der Waals surface area contributed by atoms with Gasteiger partial charge in [0.15, 0.2) is 0 Å². The summed E-state index contributed by atoms with van der Waals surface area (Å²) in [5.41, 5.74) is -0.498. The lowest BCUT2D eigenvalue weighted by Gasteiger charge is -2.13. The molecular weight excluding hydrogens is 373 g/mol. The molecule has 0 fully saturated rings. The molecule has 1 aromatic carbocycles. The lowest BCUT2D eigenvalue weighted by molar-refractivity contribution is -0.137. The van der Waals surface area contributed by atoms with E-state index >= 15 is 0 Å². The van der Waals surface area contributed by atoms with Crippen molar-refractivity contribution in [1.29, 1.82) is 0 Å². The highest BCUT2D eigenvalue weighted by molar-refractivity contribution is 9.10. The van der Waals surface area contributed by atoms with E-state index in [2.05, 4.69) is 36.5 Å². The van der Waals surface area contributed by atoms with Gasteiger partial charge in [-0.05, 0) is 34.1 Å². The first kappa shape index (κ1) is 15.8. The van der Waals surface area contributed by atoms with Gasteiger partial charge >= 0.3 is 6.18 Å². The van der Waals surface area contributed by atoms with E-state index in [9.17, 15) is 13.2 Å². The molecule has 0 aliphatic rings. The van der Waals surface area contributed by atoms with Crippen LogP contribution in [0.5, 0.6) is 0 Å². The molecule has 0 bridgehead atoms. The Labute approximate surface area is 131 Å². The van der Waals surface area contributed by atoms with Crippen LogP contribution in [0.4, 0.5) is 30.5 Å². The Bertz CT molecular complexity index is 663. The summed E-state index contributed by atoms with van der Waals surface area (Å²) < 4.78 is 38.3. The Morgan fingerprint density at radius 1 is 1.19 bits per heavy atom. The lowest BCUT2D eigenvalue weighted by atomic mass is 10.2. The lowest BCUT2D eigenvalue weighted by Crippen LogP contribution is -2.05. The third-order valence-corrected chi connectivity index (χ3v) is 3.64. The normalized spacial score (nSPS) is 11.3. The van der Waals surface area contributed by atoms with E-state index < -0.39 is 11.7 Å². The fourth-order valence-electron chi connectivity index (χ4n) is 1.55. The zero-order valence-electron chi connectivity index (χ0n) is 10.6. The number of nitrogens with one attached hydrogen (secondary N) is 2. The van der Waals surface area contributed by atoms with Crippen molar-refractivity contribution in [2.75, 3.05) is 17.7 Å². The van der Waals surface area contributed by atoms with Gasteiger partial charge in [-0.2, -0.15) is 13.2 Å². The Morgan fingerprint density at radius 3 is 2.43 bits per heavy atom. The summed E-state index contributed by atoms with van der Waals surface area (Å²) in [7, 11) is 1.68. The largest absolute Gasteiger partial charge is 0.416 e. The molecule has 1 aromatic heterocycles. The standard InChI is InChI=1S/C12H9BrClF3N4/c1-18-10-9(13)11(20-5-19-10)21-8-3-2-6(4-7(8)14)12(15,16)17/h2-5H,1H3,(H2,18,19,20,21). The van der Waals surface area contributed by atoms with Gasteiger partial charge in [-0.15, -0.1) is 0 Å². The number of rotatable bonds is 3. The van der Waals surface area contributed by atoms with E-state index in [1.165, 1.54) is 12.4 Å². The van der Waals surface area contributed by atoms with Gasteiger partial charge in [0.25, 0.3) is 0 Å². The van der Waals surface area contributed by atoms with E-state index in [0.717, 1.165) is 12.1 Å². The van der Waals surface area contributed by atoms with Crippen molar-refractivity contribution in [3.63, 3.8) is 0 Å². The molecule has 9 heteroatoms. The Kier molecular flexibility index (Phi) is 4.58. The van der Waals surface area contributed by atoms with Crippen LogP contribution in [0.25, 0.3) is 0 Å². The van der Waals surface area contributed by atoms with Crippen LogP contribution in [0, 0.1) is 0 Å². The van der Waals surface area contributed by atoms with Crippen molar-refractivity contribution in [2.24, 2.45) is 0 Å². The molecule has 1 heterocycles. The van der Waals surface area contributed by atoms with Crippen LogP contribution < -0.4 is 10.6 Å². The van der Waals surface area contributed by atoms with Crippen molar-refractivity contribution < 1.29 is 13.2 Å². The molecule has 0 saturated carbocycles. The molecule has 112 valence electrons. The molecule has 0 aliphatic carbocycles. The summed E-state index contributed by atoms with van der Waals surface area (Å²) in [5, 5.41) is 5.65. The van der Waals surface area contributed by atoms with E-state index in [1.54, 1.807) is 7.05 Å². The van der Waals surface area contributed by atoms with Gasteiger partial charge in [-0.3, -0.25) is 0 Å². The van der Waals surface area contributed by atoms with Crippen LogP contribution in [0.2, 0.25) is 5.02 Å². The average Bonchev–Trinajstić information content (AvgIpc) is 2.42. The molecule has 0 aliphatic heterocycles. The minimum Gasteiger partial charge on any atom is -0.372 e. The first-order valence-electron chi connectivity index (χ1n) is 5.65. The summed E-state index contributed by atoms with van der Waals surface area (Å²) in [4.78, 5) is 7.98. The van der Waals surface area contributed by atoms with E-state index in [1.807, 2.05) is 0 Å². The van der Waals surface area contributed by atoms with Gasteiger partial charge in [0.05, 0.1) is 16.3 Å². The monoisotopic (exact) mass is 380 g/mol. The molecule has 2 rings (SSSR count). The molecule has 0 amide bonds. The van der Waals surface area contributed by atoms with Crippen molar-refractivity contribution in [3.05, 3.63) is 39.6 Å². The second kappa shape index (κ2) is 6.07. The molecule has 21 heavy (non-hydrogen) atoms. The molecule has 2 aromatic rings. The van der Waals surface area contributed by atoms with Crippen LogP contribution in [0.1, 0.15) is 5.56 Å². The predicted molar refractivity (Wildman–Crippen MR) is 79.0 cm³/mol. The van der Waals surface area contributed by atoms with Crippen LogP contribution in [0.15, 0.2) is 29.0 Å². The number of benzene rings is 1. The highest BCUT2D eigenvalue weighted by atomic mass is 79.9. The summed E-state index contributed by atoms with van der Waals surface area (Å²) in [6.45, 7) is 0. The maximum absolute atomic E-state index is 12.6. The summed E-state index contributed by atoms with van der Waals surface area (Å²) in [6, 6.07) is 3.05. The molecule has 2 N–H and O–H groups in total. The number of hydrogen-bond donors (Lipinski definition) is 2. The SMILES string of the molecule is CNc1ncnc(Nc2ccc(C(F)(F)F)cc2Cl)c1Br. The van der Waals surface area contributed by atoms with Gasteiger partial charge in [0.2, 0.25) is 0 Å². The fraction of sp³-hybridized carbons (Fsp3) is 0.167. The quantitative estimate of drug-likeness (QED) is 0.809. The van der Waals surface area contributed by atoms with Gasteiger partial charge in [-0.1, -0.05) is 11.6 Å². The average molecular weight is 382 g/mol. The van der Waals surface area contributed by atoms with Crippen LogP contribution in [-0.4, -0.2) is 17.0 Å². The minimum absolute atomic E-state index is 0.0543. The molecule has 0 saturated heterocycles. The first-order chi connectivity index (χ1) is 9.82. The molecule has 0 atom stereocenters. The van der Waals surface area contributed by atoms with E-state index in [-0.39, 0.29) is 5.02 Å². The van der Waals surface area contributed by atoms with Gasteiger partial charge in [0.1, 0.15) is 22.4 Å². The van der Waals surface area contributed by atoms with Crippen molar-refractivity contribution >= 4 is 44.9 Å². The van der Waals surface area contributed by atoms with E-state index in [0.29, 0.717) is 21.8 Å². The zero-order chi connectivity index (χ0) is 15.6. The summed E-state index contributed by atoms with van der Waals surface area (Å²) in [5.74, 6) is 0.923. The third kappa shape index (κ3) is 3.56. The van der Waals surface area contributed by atoms with Crippen molar-refractivity contribution in [2.45, 2.75) is 6.18 Å². The van der Waals surface area contributed by atoms with Gasteiger partial charge in [0, 0.05) is 7.05 Å². The fourth-order valence-corrected chi connectivity index (χ4v) is 2.28. The topological polar surface area (TPSA) is 49.8 Å². The Balaban J connectivity index is 2.33. The number of hydrogen-bond acceptors (Lipinski definition) is 4. The smallest absolute Gasteiger partial charge is 0.372 e. The Morgan fingerprint density at radius 2 is 1.86 bits per heavy atom. The number of nitrogens with zero attached hydrogens (tertiary/aromatic N) is 2. The number of anilines is 3. The predicted octanol–water partition coefficient (Wildman–Crippen LogP) is 4.70. The highest BCUT2D eigenvalue weighted by Gasteiger charge is 2.30. The first-order valence-corrected chi connectivity index (χ1v) is 6.82. The second-order valence-electron chi connectivity index (χ2n) is 3.95. The summed E-state index contributed by atoms with van der Waals surface area (Å²) in [6.07, 6.45) is -3.12. The van der Waals surface area contributed by atoms with Crippen LogP contribution in [0.3, 0.4) is 0 Å². The molecule has 0 spiro atoms.